The molecule has 1 fully saturated rings. The average molecular weight is 243 g/mol. The van der Waals surface area contributed by atoms with E-state index in [9.17, 15) is 4.79 Å². The molecular formula is C9H17N5OS. The third-order valence-electron chi connectivity index (χ3n) is 3.14. The van der Waals surface area contributed by atoms with E-state index < -0.39 is 0 Å². The fourth-order valence-electron chi connectivity index (χ4n) is 2.01. The van der Waals surface area contributed by atoms with Gasteiger partial charge in [-0.05, 0) is 26.3 Å². The molecule has 16 heavy (non-hydrogen) atoms. The number of aromatic nitrogens is 3. The van der Waals surface area contributed by atoms with E-state index >= 15 is 0 Å². The Labute approximate surface area is 98.8 Å². The number of piperazine rings is 1. The van der Waals surface area contributed by atoms with Gasteiger partial charge in [-0.15, -0.1) is 0 Å². The molecule has 0 aromatic carbocycles. The molecule has 1 atom stereocenters. The van der Waals surface area contributed by atoms with Gasteiger partial charge in [0.25, 0.3) is 0 Å². The highest BCUT2D eigenvalue weighted by Gasteiger charge is 2.23. The predicted octanol–water partition coefficient (Wildman–Crippen LogP) is -0.520. The third kappa shape index (κ3) is 2.26. The molecule has 7 heteroatoms. The van der Waals surface area contributed by atoms with Gasteiger partial charge in [0.2, 0.25) is 0 Å². The molecule has 0 radical (unpaired) electrons. The number of hydrogen-bond acceptors (Lipinski definition) is 4. The molecule has 0 spiro atoms. The minimum Gasteiger partial charge on any atom is -0.303 e. The zero-order valence-corrected chi connectivity index (χ0v) is 10.4. The topological polar surface area (TPSA) is 60.1 Å². The lowest BCUT2D eigenvalue weighted by atomic mass is 10.2. The van der Waals surface area contributed by atoms with Gasteiger partial charge in [-0.2, -0.15) is 0 Å². The molecule has 1 aliphatic heterocycles. The molecule has 1 aromatic heterocycles. The maximum atomic E-state index is 11.5. The number of hydrogen-bond donors (Lipinski definition) is 2. The zero-order valence-electron chi connectivity index (χ0n) is 9.56. The van der Waals surface area contributed by atoms with Crippen LogP contribution in [0.5, 0.6) is 0 Å². The van der Waals surface area contributed by atoms with E-state index in [0.717, 1.165) is 19.6 Å². The quantitative estimate of drug-likeness (QED) is 0.686. The van der Waals surface area contributed by atoms with E-state index in [0.29, 0.717) is 17.4 Å². The number of rotatable bonds is 2. The first-order valence-corrected chi connectivity index (χ1v) is 5.75. The van der Waals surface area contributed by atoms with Gasteiger partial charge in [-0.3, -0.25) is 14.6 Å². The summed E-state index contributed by atoms with van der Waals surface area (Å²) < 4.78 is 2.04. The summed E-state index contributed by atoms with van der Waals surface area (Å²) in [6.45, 7) is 3.69. The first-order chi connectivity index (χ1) is 7.58. The Bertz CT molecular complexity index is 433. The van der Waals surface area contributed by atoms with Gasteiger partial charge >= 0.3 is 5.69 Å². The van der Waals surface area contributed by atoms with Gasteiger partial charge in [0.05, 0.1) is 0 Å². The molecule has 2 rings (SSSR count). The maximum Gasteiger partial charge on any atom is 0.342 e. The van der Waals surface area contributed by atoms with Gasteiger partial charge in [-0.25, -0.2) is 9.89 Å². The van der Waals surface area contributed by atoms with Gasteiger partial charge in [0.15, 0.2) is 4.77 Å². The highest BCUT2D eigenvalue weighted by Crippen LogP contribution is 2.07. The normalized spacial score (nSPS) is 23.8. The number of likely N-dealkylation sites (N-methyl/N-ethyl adjacent to an activating group) is 2. The molecule has 2 N–H and O–H groups in total. The van der Waals surface area contributed by atoms with Crippen molar-refractivity contribution in [3.63, 3.8) is 0 Å². The van der Waals surface area contributed by atoms with Gasteiger partial charge in [0, 0.05) is 32.2 Å². The summed E-state index contributed by atoms with van der Waals surface area (Å²) >= 11 is 5.05. The van der Waals surface area contributed by atoms with E-state index in [1.165, 1.54) is 0 Å². The second-order valence-electron chi connectivity index (χ2n) is 4.37. The van der Waals surface area contributed by atoms with E-state index in [1.807, 2.05) is 0 Å². The summed E-state index contributed by atoms with van der Waals surface area (Å²) in [6, 6.07) is 0.336. The van der Waals surface area contributed by atoms with E-state index in [4.69, 9.17) is 12.2 Å². The van der Waals surface area contributed by atoms with Crippen LogP contribution in [0.3, 0.4) is 0 Å². The predicted molar refractivity (Wildman–Crippen MR) is 64.2 cm³/mol. The van der Waals surface area contributed by atoms with Gasteiger partial charge in [-0.1, -0.05) is 0 Å². The Morgan fingerprint density at radius 3 is 2.75 bits per heavy atom. The molecule has 0 saturated carbocycles. The molecule has 0 amide bonds. The highest BCUT2D eigenvalue weighted by molar-refractivity contribution is 7.71. The summed E-state index contributed by atoms with van der Waals surface area (Å²) in [6.07, 6.45) is 0. The third-order valence-corrected chi connectivity index (χ3v) is 3.46. The lowest BCUT2D eigenvalue weighted by Gasteiger charge is -2.37. The Kier molecular flexibility index (Phi) is 3.27. The summed E-state index contributed by atoms with van der Waals surface area (Å²) in [5.41, 5.74) is -0.161. The first-order valence-electron chi connectivity index (χ1n) is 5.34. The summed E-state index contributed by atoms with van der Waals surface area (Å²) in [5.74, 6) is 0. The monoisotopic (exact) mass is 243 g/mol. The molecule has 2 heterocycles. The van der Waals surface area contributed by atoms with Crippen LogP contribution in [0.4, 0.5) is 0 Å². The number of H-pyrrole nitrogens is 2. The van der Waals surface area contributed by atoms with E-state index in [1.54, 1.807) is 4.57 Å². The maximum absolute atomic E-state index is 11.5. The van der Waals surface area contributed by atoms with Crippen molar-refractivity contribution in [2.24, 2.45) is 0 Å². The van der Waals surface area contributed by atoms with Gasteiger partial charge in [0.1, 0.15) is 0 Å². The Hall–Kier alpha value is -0.920. The van der Waals surface area contributed by atoms with E-state index in [2.05, 4.69) is 34.1 Å². The summed E-state index contributed by atoms with van der Waals surface area (Å²) in [7, 11) is 4.18. The van der Waals surface area contributed by atoms with Crippen molar-refractivity contribution in [2.45, 2.75) is 12.6 Å². The summed E-state index contributed by atoms with van der Waals surface area (Å²) in [5, 5.41) is 5.16. The molecule has 1 unspecified atom stereocenters. The number of nitrogens with one attached hydrogen (secondary N) is 2. The fraction of sp³-hybridized carbons (Fsp3) is 0.778. The van der Waals surface area contributed by atoms with Crippen molar-refractivity contribution < 1.29 is 0 Å². The Balaban J connectivity index is 2.14. The van der Waals surface area contributed by atoms with Gasteiger partial charge < -0.3 is 4.90 Å². The number of nitrogens with zero attached hydrogens (tertiary/aromatic N) is 3. The second kappa shape index (κ2) is 4.52. The van der Waals surface area contributed by atoms with Crippen molar-refractivity contribution in [2.75, 3.05) is 33.7 Å². The van der Waals surface area contributed by atoms with Crippen LogP contribution in [0.1, 0.15) is 0 Å². The minimum absolute atomic E-state index is 0.161. The molecule has 1 aliphatic rings. The lowest BCUT2D eigenvalue weighted by Crippen LogP contribution is -2.52. The smallest absolute Gasteiger partial charge is 0.303 e. The molecule has 6 nitrogen and oxygen atoms in total. The van der Waals surface area contributed by atoms with Crippen LogP contribution in [-0.2, 0) is 6.54 Å². The van der Waals surface area contributed by atoms with Crippen LogP contribution in [0.2, 0.25) is 0 Å². The molecule has 0 aliphatic carbocycles. The van der Waals surface area contributed by atoms with E-state index in [-0.39, 0.29) is 5.69 Å². The van der Waals surface area contributed by atoms with Crippen molar-refractivity contribution in [3.05, 3.63) is 15.3 Å². The standard InChI is InChI=1S/C9H17N5OS/c1-12-3-4-13(2)7(5-12)6-14-8(15)10-11-9(14)16/h7H,3-6H2,1-2H3,(H,10,15)(H,11,16). The zero-order chi connectivity index (χ0) is 11.7. The van der Waals surface area contributed by atoms with Crippen LogP contribution < -0.4 is 5.69 Å². The van der Waals surface area contributed by atoms with Crippen molar-refractivity contribution in [1.82, 2.24) is 24.6 Å². The average Bonchev–Trinajstić information content (AvgIpc) is 2.55. The van der Waals surface area contributed by atoms with Crippen LogP contribution in [0, 0.1) is 4.77 Å². The summed E-state index contributed by atoms with van der Waals surface area (Å²) in [4.78, 5) is 16.0. The highest BCUT2D eigenvalue weighted by atomic mass is 32.1. The molecule has 90 valence electrons. The molecule has 1 saturated heterocycles. The Morgan fingerprint density at radius 1 is 1.38 bits per heavy atom. The Morgan fingerprint density at radius 2 is 2.12 bits per heavy atom. The minimum atomic E-state index is -0.161. The second-order valence-corrected chi connectivity index (χ2v) is 4.75. The molecular weight excluding hydrogens is 226 g/mol. The van der Waals surface area contributed by atoms with Crippen LogP contribution in [-0.4, -0.2) is 64.3 Å². The SMILES string of the molecule is CN1CCN(C)C(Cn2c(=O)[nH][nH]c2=S)C1. The fourth-order valence-corrected chi connectivity index (χ4v) is 2.22. The largest absolute Gasteiger partial charge is 0.342 e. The van der Waals surface area contributed by atoms with Crippen molar-refractivity contribution in [1.29, 1.82) is 0 Å². The van der Waals surface area contributed by atoms with Crippen molar-refractivity contribution in [3.8, 4) is 0 Å². The van der Waals surface area contributed by atoms with Crippen LogP contribution >= 0.6 is 12.2 Å². The first kappa shape index (κ1) is 11.6. The van der Waals surface area contributed by atoms with Crippen LogP contribution in [0.15, 0.2) is 4.79 Å². The number of aromatic amines is 2. The lowest BCUT2D eigenvalue weighted by molar-refractivity contribution is 0.102. The van der Waals surface area contributed by atoms with Crippen molar-refractivity contribution >= 4 is 12.2 Å². The molecule has 0 bridgehead atoms. The molecule has 1 aromatic rings. The van der Waals surface area contributed by atoms with Crippen LogP contribution in [0.25, 0.3) is 0 Å².